The van der Waals surface area contributed by atoms with Gasteiger partial charge in [-0.05, 0) is 68.7 Å². The second kappa shape index (κ2) is 12.3. The molecule has 1 saturated carbocycles. The number of nitrogens with zero attached hydrogens (tertiary/aromatic N) is 3. The Morgan fingerprint density at radius 2 is 1.43 bits per heavy atom. The Bertz CT molecular complexity index is 896. The molecule has 6 heteroatoms. The van der Waals surface area contributed by atoms with E-state index in [0.717, 1.165) is 58.3 Å². The highest BCUT2D eigenvalue weighted by Crippen LogP contribution is 2.36. The first kappa shape index (κ1) is 26.7. The van der Waals surface area contributed by atoms with E-state index < -0.39 is 5.54 Å². The molecule has 1 N–H and O–H groups in total. The van der Waals surface area contributed by atoms with Gasteiger partial charge in [-0.2, -0.15) is 0 Å². The summed E-state index contributed by atoms with van der Waals surface area (Å²) in [6.07, 6.45) is 13.2. The van der Waals surface area contributed by atoms with Gasteiger partial charge in [0.05, 0.1) is 0 Å². The highest BCUT2D eigenvalue weighted by molar-refractivity contribution is 6.00. The van der Waals surface area contributed by atoms with Gasteiger partial charge in [0.25, 0.3) is 0 Å². The van der Waals surface area contributed by atoms with Gasteiger partial charge in [0.15, 0.2) is 0 Å². The minimum atomic E-state index is -0.661. The van der Waals surface area contributed by atoms with Crippen molar-refractivity contribution in [1.29, 1.82) is 0 Å². The van der Waals surface area contributed by atoms with Crippen molar-refractivity contribution >= 4 is 11.8 Å². The van der Waals surface area contributed by atoms with E-state index in [4.69, 9.17) is 0 Å². The normalized spacial score (nSPS) is 25.6. The zero-order chi connectivity index (χ0) is 25.7. The Morgan fingerprint density at radius 3 is 2.03 bits per heavy atom. The molecule has 6 nitrogen and oxygen atoms in total. The molecule has 0 aromatic heterocycles. The number of hydrogen-bond acceptors (Lipinski definition) is 4. The molecule has 0 radical (unpaired) electrons. The van der Waals surface area contributed by atoms with Crippen LogP contribution >= 0.6 is 0 Å². The van der Waals surface area contributed by atoms with Crippen molar-refractivity contribution in [2.75, 3.05) is 32.7 Å². The number of amides is 2. The molecule has 3 heterocycles. The van der Waals surface area contributed by atoms with Gasteiger partial charge in [0, 0.05) is 32.7 Å². The molecular formula is C31H48N4O2. The van der Waals surface area contributed by atoms with E-state index >= 15 is 0 Å². The monoisotopic (exact) mass is 508 g/mol. The van der Waals surface area contributed by atoms with Crippen LogP contribution in [-0.4, -0.2) is 70.8 Å². The van der Waals surface area contributed by atoms with Gasteiger partial charge in [-0.25, -0.2) is 0 Å². The first-order valence-electron chi connectivity index (χ1n) is 15.2. The standard InChI is InChI=1S/C31H48N4O2/c1-2-3-19-35-29(36)28(22-25-9-5-4-6-10-25)32-30(37)31(35)15-20-34(21-16-31)24-27-13-11-26(12-14-27)23-33-17-7-8-18-33/h11-14,25,28H,2-10,15-24H2,1H3,(H,32,37). The molecule has 3 saturated heterocycles. The SMILES string of the molecule is CCCCN1C(=O)C(CC2CCCCC2)NC(=O)C12CCN(Cc1ccc(CN3CCCC3)cc1)CC2. The van der Waals surface area contributed by atoms with Gasteiger partial charge in [-0.15, -0.1) is 0 Å². The van der Waals surface area contributed by atoms with E-state index in [-0.39, 0.29) is 17.9 Å². The van der Waals surface area contributed by atoms with Gasteiger partial charge >= 0.3 is 0 Å². The molecule has 1 spiro atoms. The van der Waals surface area contributed by atoms with E-state index in [1.165, 1.54) is 69.2 Å². The minimum absolute atomic E-state index is 0.106. The van der Waals surface area contributed by atoms with Crippen LogP contribution in [0.1, 0.15) is 95.1 Å². The summed E-state index contributed by atoms with van der Waals surface area (Å²) in [6.45, 7) is 9.01. The zero-order valence-corrected chi connectivity index (χ0v) is 23.1. The Kier molecular flexibility index (Phi) is 8.86. The summed E-state index contributed by atoms with van der Waals surface area (Å²) in [7, 11) is 0. The molecule has 3 aliphatic heterocycles. The fourth-order valence-corrected chi connectivity index (χ4v) is 7.22. The zero-order valence-electron chi connectivity index (χ0n) is 23.1. The van der Waals surface area contributed by atoms with Gasteiger partial charge in [-0.3, -0.25) is 19.4 Å². The largest absolute Gasteiger partial charge is 0.342 e. The summed E-state index contributed by atoms with van der Waals surface area (Å²) < 4.78 is 0. The fourth-order valence-electron chi connectivity index (χ4n) is 7.22. The van der Waals surface area contributed by atoms with Crippen molar-refractivity contribution in [1.82, 2.24) is 20.0 Å². The Balaban J connectivity index is 1.19. The quantitative estimate of drug-likeness (QED) is 0.525. The number of rotatable bonds is 9. The van der Waals surface area contributed by atoms with Gasteiger partial charge in [-0.1, -0.05) is 69.7 Å². The molecule has 5 rings (SSSR count). The summed E-state index contributed by atoms with van der Waals surface area (Å²) in [5.74, 6) is 0.865. The second-order valence-corrected chi connectivity index (χ2v) is 12.2. The summed E-state index contributed by atoms with van der Waals surface area (Å²) in [6, 6.07) is 8.79. The van der Waals surface area contributed by atoms with Crippen LogP contribution in [0, 0.1) is 5.92 Å². The molecule has 1 aliphatic carbocycles. The Morgan fingerprint density at radius 1 is 0.838 bits per heavy atom. The lowest BCUT2D eigenvalue weighted by Crippen LogP contribution is -2.73. The summed E-state index contributed by atoms with van der Waals surface area (Å²) >= 11 is 0. The fraction of sp³-hybridized carbons (Fsp3) is 0.742. The molecule has 1 aromatic carbocycles. The van der Waals surface area contributed by atoms with E-state index in [0.29, 0.717) is 12.5 Å². The van der Waals surface area contributed by atoms with E-state index in [9.17, 15) is 9.59 Å². The van der Waals surface area contributed by atoms with Crippen molar-refractivity contribution in [3.8, 4) is 0 Å². The Hall–Kier alpha value is -1.92. The highest BCUT2D eigenvalue weighted by Gasteiger charge is 2.53. The van der Waals surface area contributed by atoms with Crippen LogP contribution in [0.2, 0.25) is 0 Å². The predicted octanol–water partition coefficient (Wildman–Crippen LogP) is 4.71. The third-order valence-corrected chi connectivity index (χ3v) is 9.56. The van der Waals surface area contributed by atoms with E-state index in [1.54, 1.807) is 0 Å². The first-order chi connectivity index (χ1) is 18.1. The van der Waals surface area contributed by atoms with Crippen molar-refractivity contribution in [3.63, 3.8) is 0 Å². The number of likely N-dealkylation sites (tertiary alicyclic amines) is 2. The van der Waals surface area contributed by atoms with Crippen LogP contribution in [0.15, 0.2) is 24.3 Å². The molecule has 1 atom stereocenters. The number of piperidine rings is 1. The second-order valence-electron chi connectivity index (χ2n) is 12.2. The van der Waals surface area contributed by atoms with Crippen LogP contribution in [-0.2, 0) is 22.7 Å². The topological polar surface area (TPSA) is 55.9 Å². The van der Waals surface area contributed by atoms with Crippen LogP contribution in [0.3, 0.4) is 0 Å². The lowest BCUT2D eigenvalue weighted by molar-refractivity contribution is -0.162. The van der Waals surface area contributed by atoms with Crippen LogP contribution in [0.4, 0.5) is 0 Å². The average Bonchev–Trinajstić information content (AvgIpc) is 3.43. The van der Waals surface area contributed by atoms with E-state index in [2.05, 4.69) is 46.3 Å². The molecular weight excluding hydrogens is 460 g/mol. The molecule has 4 aliphatic rings. The summed E-state index contributed by atoms with van der Waals surface area (Å²) in [5, 5.41) is 3.23. The van der Waals surface area contributed by atoms with Crippen molar-refractivity contribution in [2.24, 2.45) is 5.92 Å². The number of benzene rings is 1. The number of unbranched alkanes of at least 4 members (excludes halogenated alkanes) is 1. The first-order valence-corrected chi connectivity index (χ1v) is 15.2. The lowest BCUT2D eigenvalue weighted by atomic mass is 9.79. The number of hydrogen-bond donors (Lipinski definition) is 1. The van der Waals surface area contributed by atoms with Gasteiger partial charge in [0.1, 0.15) is 11.6 Å². The maximum absolute atomic E-state index is 13.7. The molecule has 204 valence electrons. The molecule has 1 unspecified atom stereocenters. The lowest BCUT2D eigenvalue weighted by Gasteiger charge is -2.52. The molecule has 2 amide bonds. The van der Waals surface area contributed by atoms with E-state index in [1.807, 2.05) is 4.90 Å². The van der Waals surface area contributed by atoms with Crippen molar-refractivity contribution < 1.29 is 9.59 Å². The molecule has 0 bridgehead atoms. The minimum Gasteiger partial charge on any atom is -0.342 e. The number of piperazine rings is 1. The molecule has 4 fully saturated rings. The molecule has 1 aromatic rings. The summed E-state index contributed by atoms with van der Waals surface area (Å²) in [4.78, 5) is 34.4. The van der Waals surface area contributed by atoms with Gasteiger partial charge < -0.3 is 10.2 Å². The Labute approximate surface area is 224 Å². The molecule has 37 heavy (non-hydrogen) atoms. The predicted molar refractivity (Wildman–Crippen MR) is 148 cm³/mol. The van der Waals surface area contributed by atoms with Crippen LogP contribution < -0.4 is 5.32 Å². The van der Waals surface area contributed by atoms with Crippen LogP contribution in [0.5, 0.6) is 0 Å². The summed E-state index contributed by atoms with van der Waals surface area (Å²) in [5.41, 5.74) is 2.07. The van der Waals surface area contributed by atoms with Crippen molar-refractivity contribution in [2.45, 2.75) is 109 Å². The maximum atomic E-state index is 13.7. The third-order valence-electron chi connectivity index (χ3n) is 9.56. The average molecular weight is 509 g/mol. The highest BCUT2D eigenvalue weighted by atomic mass is 16.2. The number of nitrogens with one attached hydrogen (secondary N) is 1. The van der Waals surface area contributed by atoms with Crippen molar-refractivity contribution in [3.05, 3.63) is 35.4 Å². The maximum Gasteiger partial charge on any atom is 0.246 e. The smallest absolute Gasteiger partial charge is 0.246 e. The number of carbonyl (C=O) groups excluding carboxylic acids is 2. The third kappa shape index (κ3) is 6.22. The van der Waals surface area contributed by atoms with Crippen LogP contribution in [0.25, 0.3) is 0 Å². The van der Waals surface area contributed by atoms with Gasteiger partial charge in [0.2, 0.25) is 11.8 Å². The number of carbonyl (C=O) groups is 2.